The number of H-pyrrole nitrogens is 1. The van der Waals surface area contributed by atoms with Gasteiger partial charge in [-0.3, -0.25) is 14.3 Å². The Morgan fingerprint density at radius 2 is 1.96 bits per heavy atom. The van der Waals surface area contributed by atoms with E-state index in [9.17, 15) is 9.59 Å². The van der Waals surface area contributed by atoms with E-state index in [0.29, 0.717) is 12.2 Å². The zero-order valence-electron chi connectivity index (χ0n) is 15.7. The topological polar surface area (TPSA) is 92.7 Å². The molecule has 2 aromatic heterocycles. The Kier molecular flexibility index (Phi) is 6.49. The van der Waals surface area contributed by atoms with Crippen LogP contribution >= 0.6 is 11.8 Å². The summed E-state index contributed by atoms with van der Waals surface area (Å²) in [5, 5.41) is 16.4. The first-order valence-electron chi connectivity index (χ1n) is 9.36. The summed E-state index contributed by atoms with van der Waals surface area (Å²) in [6, 6.07) is 3.91. The van der Waals surface area contributed by atoms with Gasteiger partial charge < -0.3 is 10.4 Å². The molecule has 3 aromatic rings. The molecule has 27 heavy (non-hydrogen) atoms. The minimum atomic E-state index is -0.178. The van der Waals surface area contributed by atoms with Crippen LogP contribution in [0.2, 0.25) is 0 Å². The lowest BCUT2D eigenvalue weighted by molar-refractivity contribution is -0.109. The van der Waals surface area contributed by atoms with Crippen molar-refractivity contribution in [2.45, 2.75) is 46.1 Å². The van der Waals surface area contributed by atoms with Crippen molar-refractivity contribution in [2.24, 2.45) is 0 Å². The lowest BCUT2D eigenvalue weighted by Gasteiger charge is -2.04. The third-order valence-electron chi connectivity index (χ3n) is 4.55. The van der Waals surface area contributed by atoms with E-state index in [4.69, 9.17) is 0 Å². The molecule has 0 saturated carbocycles. The molecule has 3 rings (SSSR count). The van der Waals surface area contributed by atoms with Crippen molar-refractivity contribution in [2.75, 3.05) is 12.3 Å². The van der Waals surface area contributed by atoms with Crippen LogP contribution in [0.5, 0.6) is 0 Å². The lowest BCUT2D eigenvalue weighted by Crippen LogP contribution is -2.25. The molecule has 8 heteroatoms. The van der Waals surface area contributed by atoms with Crippen LogP contribution in [0.3, 0.4) is 0 Å². The zero-order chi connectivity index (χ0) is 19.2. The number of benzene rings is 1. The number of nitrogens with one attached hydrogen (secondary N) is 2. The van der Waals surface area contributed by atoms with Gasteiger partial charge in [-0.1, -0.05) is 24.6 Å². The minimum absolute atomic E-state index is 0.173. The molecular formula is C19H25N5O2S. The number of fused-ring (bicyclic) bond motifs is 3. The number of aromatic nitrogens is 4. The highest BCUT2D eigenvalue weighted by Gasteiger charge is 2.17. The maximum Gasteiger partial charge on any atom is 0.272 e. The summed E-state index contributed by atoms with van der Waals surface area (Å²) in [7, 11) is 0. The average Bonchev–Trinajstić information content (AvgIpc) is 3.26. The number of hydrogen-bond acceptors (Lipinski definition) is 5. The van der Waals surface area contributed by atoms with E-state index in [2.05, 4.69) is 27.5 Å². The van der Waals surface area contributed by atoms with Gasteiger partial charge in [-0.15, -0.1) is 10.2 Å². The monoisotopic (exact) mass is 387 g/mol. The first-order valence-corrected chi connectivity index (χ1v) is 10.3. The van der Waals surface area contributed by atoms with E-state index in [0.717, 1.165) is 59.8 Å². The summed E-state index contributed by atoms with van der Waals surface area (Å²) in [4.78, 5) is 23.3. The predicted molar refractivity (Wildman–Crippen MR) is 109 cm³/mol. The Morgan fingerprint density at radius 1 is 1.15 bits per heavy atom. The highest BCUT2D eigenvalue weighted by molar-refractivity contribution is 8.13. The molecule has 0 saturated heterocycles. The molecule has 0 unspecified atom stereocenters. The minimum Gasteiger partial charge on any atom is -0.351 e. The van der Waals surface area contributed by atoms with Crippen LogP contribution in [0.4, 0.5) is 0 Å². The van der Waals surface area contributed by atoms with E-state index in [1.165, 1.54) is 11.8 Å². The molecule has 0 aliphatic heterocycles. The highest BCUT2D eigenvalue weighted by atomic mass is 32.2. The van der Waals surface area contributed by atoms with Gasteiger partial charge >= 0.3 is 0 Å². The summed E-state index contributed by atoms with van der Waals surface area (Å²) in [6.07, 6.45) is 5.95. The van der Waals surface area contributed by atoms with Gasteiger partial charge in [0.25, 0.3) is 5.91 Å². The van der Waals surface area contributed by atoms with Gasteiger partial charge in [0.05, 0.1) is 5.52 Å². The molecule has 0 bridgehead atoms. The Bertz CT molecular complexity index is 946. The SMILES string of the molecule is CCn1[nH]cc2c3nnc(C(=O)NCCCCCCSC(C)=O)c3ccc21. The van der Waals surface area contributed by atoms with Gasteiger partial charge in [0, 0.05) is 42.7 Å². The van der Waals surface area contributed by atoms with E-state index in [-0.39, 0.29) is 11.0 Å². The first kappa shape index (κ1) is 19.4. The third-order valence-corrected chi connectivity index (χ3v) is 5.45. The van der Waals surface area contributed by atoms with Crippen molar-refractivity contribution < 1.29 is 9.59 Å². The fraction of sp³-hybridized carbons (Fsp3) is 0.474. The number of carbonyl (C=O) groups excluding carboxylic acids is 2. The fourth-order valence-corrected chi connectivity index (χ4v) is 3.79. The van der Waals surface area contributed by atoms with Crippen LogP contribution in [-0.4, -0.2) is 43.3 Å². The van der Waals surface area contributed by atoms with Crippen LogP contribution in [0, 0.1) is 0 Å². The lowest BCUT2D eigenvalue weighted by atomic mass is 10.1. The maximum absolute atomic E-state index is 12.5. The number of amides is 1. The van der Waals surface area contributed by atoms with Gasteiger partial charge in [-0.2, -0.15) is 0 Å². The van der Waals surface area contributed by atoms with Crippen LogP contribution in [0.25, 0.3) is 21.8 Å². The standard InChI is InChI=1S/C19H25N5O2S/c1-3-24-16-9-8-14-17(15(16)12-21-24)22-23-18(14)19(26)20-10-6-4-5-7-11-27-13(2)25/h8-9,12,21H,3-7,10-11H2,1-2H3,(H,20,26). The molecule has 2 N–H and O–H groups in total. The van der Waals surface area contributed by atoms with Crippen LogP contribution < -0.4 is 5.32 Å². The van der Waals surface area contributed by atoms with Crippen molar-refractivity contribution in [1.82, 2.24) is 25.3 Å². The van der Waals surface area contributed by atoms with Gasteiger partial charge in [-0.05, 0) is 31.9 Å². The fourth-order valence-electron chi connectivity index (χ4n) is 3.15. The van der Waals surface area contributed by atoms with E-state index < -0.39 is 0 Å². The maximum atomic E-state index is 12.5. The van der Waals surface area contributed by atoms with Crippen molar-refractivity contribution in [3.63, 3.8) is 0 Å². The Labute approximate surface area is 162 Å². The molecule has 2 heterocycles. The second-order valence-corrected chi connectivity index (χ2v) is 7.74. The second-order valence-electron chi connectivity index (χ2n) is 6.47. The molecular weight excluding hydrogens is 362 g/mol. The number of aryl methyl sites for hydroxylation is 1. The summed E-state index contributed by atoms with van der Waals surface area (Å²) in [5.41, 5.74) is 2.19. The normalized spacial score (nSPS) is 11.3. The summed E-state index contributed by atoms with van der Waals surface area (Å²) >= 11 is 1.38. The number of thioether (sulfide) groups is 1. The molecule has 0 atom stereocenters. The van der Waals surface area contributed by atoms with Crippen molar-refractivity contribution in [3.05, 3.63) is 24.0 Å². The Balaban J connectivity index is 1.53. The number of unbranched alkanes of at least 4 members (excludes halogenated alkanes) is 3. The van der Waals surface area contributed by atoms with E-state index in [1.54, 1.807) is 6.92 Å². The van der Waals surface area contributed by atoms with Crippen molar-refractivity contribution >= 4 is 44.6 Å². The summed E-state index contributed by atoms with van der Waals surface area (Å²) in [6.45, 7) is 5.12. The highest BCUT2D eigenvalue weighted by Crippen LogP contribution is 2.25. The van der Waals surface area contributed by atoms with Crippen LogP contribution in [-0.2, 0) is 11.3 Å². The van der Waals surface area contributed by atoms with Crippen LogP contribution in [0.1, 0.15) is 50.0 Å². The van der Waals surface area contributed by atoms with Crippen molar-refractivity contribution in [3.8, 4) is 0 Å². The predicted octanol–water partition coefficient (Wildman–Crippen LogP) is 3.50. The molecule has 1 amide bonds. The quantitative estimate of drug-likeness (QED) is 0.548. The number of carbonyl (C=O) groups is 2. The number of rotatable bonds is 9. The van der Waals surface area contributed by atoms with Crippen molar-refractivity contribution in [1.29, 1.82) is 0 Å². The molecule has 0 spiro atoms. The molecule has 0 fully saturated rings. The third kappa shape index (κ3) is 4.50. The molecule has 7 nitrogen and oxygen atoms in total. The van der Waals surface area contributed by atoms with E-state index in [1.807, 2.05) is 23.0 Å². The van der Waals surface area contributed by atoms with E-state index >= 15 is 0 Å². The average molecular weight is 388 g/mol. The van der Waals surface area contributed by atoms with Gasteiger partial charge in [0.1, 0.15) is 5.52 Å². The second kappa shape index (κ2) is 9.03. The molecule has 144 valence electrons. The smallest absolute Gasteiger partial charge is 0.272 e. The Hall–Kier alpha value is -2.35. The number of hydrogen-bond donors (Lipinski definition) is 2. The first-order chi connectivity index (χ1) is 13.1. The zero-order valence-corrected chi connectivity index (χ0v) is 16.6. The van der Waals surface area contributed by atoms with Gasteiger partial charge in [0.15, 0.2) is 10.8 Å². The summed E-state index contributed by atoms with van der Waals surface area (Å²) < 4.78 is 2.03. The molecule has 1 aromatic carbocycles. The summed E-state index contributed by atoms with van der Waals surface area (Å²) in [5.74, 6) is 0.700. The molecule has 0 aliphatic carbocycles. The van der Waals surface area contributed by atoms with Gasteiger partial charge in [-0.25, -0.2) is 0 Å². The molecule has 0 radical (unpaired) electrons. The largest absolute Gasteiger partial charge is 0.351 e. The van der Waals surface area contributed by atoms with Gasteiger partial charge in [0.2, 0.25) is 0 Å². The van der Waals surface area contributed by atoms with Crippen LogP contribution in [0.15, 0.2) is 18.3 Å². The number of nitrogens with zero attached hydrogens (tertiary/aromatic N) is 3. The number of aromatic amines is 1. The Morgan fingerprint density at radius 3 is 2.74 bits per heavy atom. The molecule has 0 aliphatic rings.